The first-order valence-corrected chi connectivity index (χ1v) is 9.64. The number of benzene rings is 2. The van der Waals surface area contributed by atoms with Crippen LogP contribution in [0.3, 0.4) is 0 Å². The van der Waals surface area contributed by atoms with Gasteiger partial charge in [-0.3, -0.25) is 15.0 Å². The summed E-state index contributed by atoms with van der Waals surface area (Å²) in [7, 11) is 2.21. The Bertz CT molecular complexity index is 899. The van der Waals surface area contributed by atoms with E-state index in [1.54, 1.807) is 12.1 Å². The summed E-state index contributed by atoms with van der Waals surface area (Å²) in [4.78, 5) is 12.9. The van der Waals surface area contributed by atoms with Crippen molar-refractivity contribution in [3.8, 4) is 11.8 Å². The summed E-state index contributed by atoms with van der Waals surface area (Å²) in [5.74, 6) is 7.41. The third-order valence-electron chi connectivity index (χ3n) is 6.03. The Labute approximate surface area is 164 Å². The Morgan fingerprint density at radius 2 is 1.81 bits per heavy atom. The van der Waals surface area contributed by atoms with Crippen LogP contribution >= 0.6 is 11.6 Å². The van der Waals surface area contributed by atoms with Crippen LogP contribution in [0.25, 0.3) is 0 Å². The molecule has 0 saturated carbocycles. The van der Waals surface area contributed by atoms with Gasteiger partial charge in [0, 0.05) is 46.6 Å². The molecule has 0 aliphatic carbocycles. The molecule has 0 spiro atoms. The van der Waals surface area contributed by atoms with Gasteiger partial charge in [-0.25, -0.2) is 0 Å². The summed E-state index contributed by atoms with van der Waals surface area (Å²) in [5, 5.41) is 11.6. The maximum Gasteiger partial charge on any atom is 0.269 e. The highest BCUT2D eigenvalue weighted by atomic mass is 35.5. The van der Waals surface area contributed by atoms with Crippen LogP contribution in [-0.4, -0.2) is 29.0 Å². The van der Waals surface area contributed by atoms with Crippen LogP contribution in [0, 0.1) is 27.9 Å². The fourth-order valence-electron chi connectivity index (χ4n) is 4.55. The van der Waals surface area contributed by atoms with Crippen molar-refractivity contribution in [1.29, 1.82) is 0 Å². The first-order valence-electron chi connectivity index (χ1n) is 9.26. The number of hydrogen-bond acceptors (Lipinski definition) is 3. The van der Waals surface area contributed by atoms with Crippen LogP contribution in [0.2, 0.25) is 5.02 Å². The number of nitro benzene ring substituents is 1. The second kappa shape index (κ2) is 7.34. The molecule has 0 radical (unpaired) electrons. The van der Waals surface area contributed by atoms with E-state index in [9.17, 15) is 10.1 Å². The minimum atomic E-state index is -0.386. The van der Waals surface area contributed by atoms with Gasteiger partial charge in [-0.1, -0.05) is 35.6 Å². The van der Waals surface area contributed by atoms with E-state index < -0.39 is 0 Å². The molecule has 0 aromatic heterocycles. The van der Waals surface area contributed by atoms with Crippen LogP contribution in [0.5, 0.6) is 0 Å². The average molecular weight is 381 g/mol. The molecule has 4 nitrogen and oxygen atoms in total. The monoisotopic (exact) mass is 380 g/mol. The molecule has 2 saturated heterocycles. The molecule has 5 heteroatoms. The number of rotatable bonds is 2. The van der Waals surface area contributed by atoms with E-state index in [0.29, 0.717) is 18.0 Å². The van der Waals surface area contributed by atoms with Crippen LogP contribution < -0.4 is 0 Å². The zero-order valence-electron chi connectivity index (χ0n) is 15.1. The molecule has 27 heavy (non-hydrogen) atoms. The van der Waals surface area contributed by atoms with Crippen LogP contribution in [0.1, 0.15) is 36.3 Å². The molecule has 0 amide bonds. The van der Waals surface area contributed by atoms with Gasteiger partial charge in [-0.2, -0.15) is 0 Å². The van der Waals surface area contributed by atoms with E-state index in [2.05, 4.69) is 35.9 Å². The number of nitro groups is 1. The Morgan fingerprint density at radius 3 is 2.48 bits per heavy atom. The lowest BCUT2D eigenvalue weighted by molar-refractivity contribution is -0.384. The molecule has 2 aliphatic heterocycles. The average Bonchev–Trinajstić information content (AvgIpc) is 2.91. The van der Waals surface area contributed by atoms with Crippen molar-refractivity contribution in [3.63, 3.8) is 0 Å². The molecule has 4 rings (SSSR count). The van der Waals surface area contributed by atoms with Gasteiger partial charge in [0.15, 0.2) is 0 Å². The Hall–Kier alpha value is -2.35. The molecule has 2 aromatic rings. The van der Waals surface area contributed by atoms with Gasteiger partial charge in [0.25, 0.3) is 5.69 Å². The summed E-state index contributed by atoms with van der Waals surface area (Å²) in [5.41, 5.74) is 2.21. The van der Waals surface area contributed by atoms with Crippen molar-refractivity contribution in [1.82, 2.24) is 4.90 Å². The van der Waals surface area contributed by atoms with Gasteiger partial charge < -0.3 is 0 Å². The normalized spacial score (nSPS) is 27.0. The van der Waals surface area contributed by atoms with Gasteiger partial charge in [-0.05, 0) is 56.1 Å². The minimum absolute atomic E-state index is 0.0932. The van der Waals surface area contributed by atoms with Gasteiger partial charge in [-0.15, -0.1) is 0 Å². The number of fused-ring (bicyclic) bond motifs is 2. The molecule has 0 N–H and O–H groups in total. The van der Waals surface area contributed by atoms with Crippen LogP contribution in [-0.2, 0) is 0 Å². The second-order valence-corrected chi connectivity index (χ2v) is 7.89. The lowest BCUT2D eigenvalue weighted by atomic mass is 9.76. The topological polar surface area (TPSA) is 46.4 Å². The highest BCUT2D eigenvalue weighted by molar-refractivity contribution is 6.30. The zero-order chi connectivity index (χ0) is 19.0. The molecule has 4 atom stereocenters. The minimum Gasteiger partial charge on any atom is -0.299 e. The van der Waals surface area contributed by atoms with Crippen molar-refractivity contribution in [2.75, 3.05) is 7.05 Å². The van der Waals surface area contributed by atoms with E-state index in [1.807, 2.05) is 12.1 Å². The number of piperidine rings is 1. The van der Waals surface area contributed by atoms with Crippen LogP contribution in [0.4, 0.5) is 5.69 Å². The summed E-state index contributed by atoms with van der Waals surface area (Å²) < 4.78 is 0. The van der Waals surface area contributed by atoms with E-state index in [1.165, 1.54) is 30.5 Å². The lowest BCUT2D eigenvalue weighted by Crippen LogP contribution is -2.45. The van der Waals surface area contributed by atoms with Crippen molar-refractivity contribution in [2.45, 2.75) is 37.3 Å². The van der Waals surface area contributed by atoms with Crippen molar-refractivity contribution in [3.05, 3.63) is 74.8 Å². The van der Waals surface area contributed by atoms with Crippen molar-refractivity contribution >= 4 is 17.3 Å². The van der Waals surface area contributed by atoms with Gasteiger partial charge in [0.2, 0.25) is 0 Å². The first-order chi connectivity index (χ1) is 13.0. The quantitative estimate of drug-likeness (QED) is 0.424. The molecule has 0 unspecified atom stereocenters. The smallest absolute Gasteiger partial charge is 0.269 e. The third kappa shape index (κ3) is 3.58. The molecule has 138 valence electrons. The highest BCUT2D eigenvalue weighted by Gasteiger charge is 2.45. The molecule has 2 aromatic carbocycles. The van der Waals surface area contributed by atoms with Crippen molar-refractivity contribution in [2.24, 2.45) is 5.92 Å². The summed E-state index contributed by atoms with van der Waals surface area (Å²) in [6.07, 6.45) is 3.50. The maximum atomic E-state index is 10.8. The third-order valence-corrected chi connectivity index (χ3v) is 6.28. The van der Waals surface area contributed by atoms with E-state index in [0.717, 1.165) is 17.0 Å². The summed E-state index contributed by atoms with van der Waals surface area (Å²) in [6, 6.07) is 15.7. The fourth-order valence-corrected chi connectivity index (χ4v) is 4.68. The molecular weight excluding hydrogens is 360 g/mol. The SMILES string of the molecule is CN1[C@H]2CC[C@@H]1[C@@H](C#Cc1ccc([N+](=O)[O-])cc1)[C@@H](c1ccc(Cl)cc1)C2. The van der Waals surface area contributed by atoms with Gasteiger partial charge in [0.1, 0.15) is 0 Å². The largest absolute Gasteiger partial charge is 0.299 e. The molecule has 2 aliphatic rings. The molecule has 2 fully saturated rings. The first kappa shape index (κ1) is 18.0. The predicted octanol–water partition coefficient (Wildman–Crippen LogP) is 4.87. The number of halogens is 1. The van der Waals surface area contributed by atoms with Crippen LogP contribution in [0.15, 0.2) is 48.5 Å². The maximum absolute atomic E-state index is 10.8. The zero-order valence-corrected chi connectivity index (χ0v) is 15.9. The highest BCUT2D eigenvalue weighted by Crippen LogP contribution is 2.46. The summed E-state index contributed by atoms with van der Waals surface area (Å²) in [6.45, 7) is 0. The van der Waals surface area contributed by atoms with Crippen molar-refractivity contribution < 1.29 is 4.92 Å². The lowest BCUT2D eigenvalue weighted by Gasteiger charge is -2.41. The number of hydrogen-bond donors (Lipinski definition) is 0. The van der Waals surface area contributed by atoms with E-state index in [4.69, 9.17) is 11.6 Å². The Kier molecular flexibility index (Phi) is 4.90. The Morgan fingerprint density at radius 1 is 1.11 bits per heavy atom. The molecule has 2 heterocycles. The van der Waals surface area contributed by atoms with Gasteiger partial charge in [0.05, 0.1) is 4.92 Å². The van der Waals surface area contributed by atoms with E-state index >= 15 is 0 Å². The second-order valence-electron chi connectivity index (χ2n) is 7.46. The van der Waals surface area contributed by atoms with E-state index in [-0.39, 0.29) is 16.5 Å². The fraction of sp³-hybridized carbons (Fsp3) is 0.364. The van der Waals surface area contributed by atoms with Gasteiger partial charge >= 0.3 is 0 Å². The summed E-state index contributed by atoms with van der Waals surface area (Å²) >= 11 is 6.07. The molecular formula is C22H21ClN2O2. The molecule has 2 bridgehead atoms. The number of non-ortho nitro benzene ring substituents is 1. The predicted molar refractivity (Wildman–Crippen MR) is 107 cm³/mol. The number of nitrogens with zero attached hydrogens (tertiary/aromatic N) is 2. The standard InChI is InChI=1S/C22H21ClN2O2/c1-24-19-11-13-22(24)20(21(14-19)16-5-7-17(23)8-6-16)12-4-15-2-9-18(10-3-15)25(26)27/h2-3,5-10,19-22H,11,13-14H2,1H3/t19-,20-,21+,22+/m0/s1. The Balaban J connectivity index is 1.64.